The molecule has 2 N–H and O–H groups in total. The van der Waals surface area contributed by atoms with E-state index in [9.17, 15) is 4.79 Å². The van der Waals surface area contributed by atoms with Gasteiger partial charge in [-0.25, -0.2) is 14.8 Å². The summed E-state index contributed by atoms with van der Waals surface area (Å²) in [7, 11) is 0. The van der Waals surface area contributed by atoms with Gasteiger partial charge in [0.05, 0.1) is 5.69 Å². The molecule has 0 aliphatic carbocycles. The molecule has 8 heteroatoms. The quantitative estimate of drug-likeness (QED) is 0.888. The third kappa shape index (κ3) is 4.12. The number of urea groups is 1. The van der Waals surface area contributed by atoms with Gasteiger partial charge in [0.25, 0.3) is 0 Å². The first-order valence-electron chi connectivity index (χ1n) is 7.59. The molecule has 1 aliphatic rings. The highest BCUT2D eigenvalue weighted by molar-refractivity contribution is 5.88. The number of aryl methyl sites for hydroxylation is 1. The molecule has 2 aromatic heterocycles. The fourth-order valence-electron chi connectivity index (χ4n) is 2.57. The molecule has 8 nitrogen and oxygen atoms in total. The lowest BCUT2D eigenvalue weighted by Crippen LogP contribution is -2.49. The first-order chi connectivity index (χ1) is 11.2. The fraction of sp³-hybridized carbons (Fsp3) is 0.400. The van der Waals surface area contributed by atoms with Crippen molar-refractivity contribution >= 4 is 17.7 Å². The molecule has 2 amide bonds. The minimum absolute atomic E-state index is 0.0636. The number of hydrogen-bond acceptors (Lipinski definition) is 6. The van der Waals surface area contributed by atoms with Crippen LogP contribution in [0.15, 0.2) is 30.7 Å². The Labute approximate surface area is 134 Å². The zero-order valence-electron chi connectivity index (χ0n) is 12.9. The maximum Gasteiger partial charge on any atom is 0.320 e. The van der Waals surface area contributed by atoms with Crippen LogP contribution in [0.2, 0.25) is 0 Å². The van der Waals surface area contributed by atoms with Gasteiger partial charge in [0.1, 0.15) is 12.1 Å². The number of rotatable bonds is 3. The van der Waals surface area contributed by atoms with Crippen LogP contribution in [0, 0.1) is 6.92 Å². The molecule has 0 radical (unpaired) electrons. The van der Waals surface area contributed by atoms with E-state index in [-0.39, 0.29) is 12.1 Å². The summed E-state index contributed by atoms with van der Waals surface area (Å²) in [5.74, 6) is 1.33. The minimum Gasteiger partial charge on any atom is -0.353 e. The van der Waals surface area contributed by atoms with Gasteiger partial charge in [-0.1, -0.05) is 0 Å². The molecule has 0 unspecified atom stereocenters. The summed E-state index contributed by atoms with van der Waals surface area (Å²) < 4.78 is 0. The van der Waals surface area contributed by atoms with Gasteiger partial charge < -0.3 is 10.2 Å². The number of amides is 2. The van der Waals surface area contributed by atoms with E-state index in [4.69, 9.17) is 0 Å². The number of nitrogens with one attached hydrogen (secondary N) is 2. The van der Waals surface area contributed by atoms with Crippen LogP contribution in [0.5, 0.6) is 0 Å². The number of carbonyl (C=O) groups excluding carboxylic acids is 1. The van der Waals surface area contributed by atoms with Crippen molar-refractivity contribution in [1.29, 1.82) is 0 Å². The van der Waals surface area contributed by atoms with Gasteiger partial charge >= 0.3 is 6.03 Å². The van der Waals surface area contributed by atoms with E-state index in [1.54, 1.807) is 12.3 Å². The van der Waals surface area contributed by atoms with Gasteiger partial charge in [-0.3, -0.25) is 5.32 Å². The van der Waals surface area contributed by atoms with Gasteiger partial charge in [-0.05, 0) is 38.0 Å². The van der Waals surface area contributed by atoms with Crippen LogP contribution < -0.4 is 15.5 Å². The number of carbonyl (C=O) groups is 1. The normalized spacial score (nSPS) is 17.6. The molecule has 120 valence electrons. The van der Waals surface area contributed by atoms with Crippen molar-refractivity contribution in [2.24, 2.45) is 0 Å². The van der Waals surface area contributed by atoms with Crippen LogP contribution in [0.25, 0.3) is 0 Å². The van der Waals surface area contributed by atoms with E-state index in [0.717, 1.165) is 37.4 Å². The smallest absolute Gasteiger partial charge is 0.320 e. The lowest BCUT2D eigenvalue weighted by atomic mass is 10.1. The molecule has 1 aliphatic heterocycles. The van der Waals surface area contributed by atoms with Gasteiger partial charge in [0.2, 0.25) is 0 Å². The Hall–Kier alpha value is -2.77. The lowest BCUT2D eigenvalue weighted by molar-refractivity contribution is 0.246. The Morgan fingerprint density at radius 2 is 2.22 bits per heavy atom. The van der Waals surface area contributed by atoms with Crippen LogP contribution in [0.1, 0.15) is 18.5 Å². The number of anilines is 2. The van der Waals surface area contributed by atoms with E-state index >= 15 is 0 Å². The van der Waals surface area contributed by atoms with Crippen molar-refractivity contribution < 1.29 is 4.79 Å². The van der Waals surface area contributed by atoms with Crippen molar-refractivity contribution in [3.63, 3.8) is 0 Å². The second-order valence-electron chi connectivity index (χ2n) is 5.51. The molecule has 2 aromatic rings. The second kappa shape index (κ2) is 6.99. The summed E-state index contributed by atoms with van der Waals surface area (Å²) in [6.07, 6.45) is 4.91. The predicted molar refractivity (Wildman–Crippen MR) is 86.2 cm³/mol. The first-order valence-corrected chi connectivity index (χ1v) is 7.59. The Balaban J connectivity index is 1.56. The molecule has 0 saturated carbocycles. The van der Waals surface area contributed by atoms with Crippen molar-refractivity contribution in [3.8, 4) is 0 Å². The molecule has 1 fully saturated rings. The second-order valence-corrected chi connectivity index (χ2v) is 5.51. The number of nitrogens with zero attached hydrogens (tertiary/aromatic N) is 5. The maximum atomic E-state index is 12.0. The molecular formula is C15H19N7O. The summed E-state index contributed by atoms with van der Waals surface area (Å²) in [4.78, 5) is 22.0. The molecular weight excluding hydrogens is 294 g/mol. The first kappa shape index (κ1) is 15.1. The SMILES string of the molecule is Cc1ccc(N2CCC[C@@H](NC(=O)Nc3ccncn3)C2)nn1. The topological polar surface area (TPSA) is 95.9 Å². The van der Waals surface area contributed by atoms with E-state index in [1.165, 1.54) is 6.33 Å². The monoisotopic (exact) mass is 313 g/mol. The number of piperidine rings is 1. The maximum absolute atomic E-state index is 12.0. The summed E-state index contributed by atoms with van der Waals surface area (Å²) in [5, 5.41) is 14.0. The third-order valence-corrected chi connectivity index (χ3v) is 3.69. The van der Waals surface area contributed by atoms with Crippen molar-refractivity contribution in [3.05, 3.63) is 36.4 Å². The van der Waals surface area contributed by atoms with Crippen molar-refractivity contribution in [2.45, 2.75) is 25.8 Å². The highest BCUT2D eigenvalue weighted by Gasteiger charge is 2.22. The van der Waals surface area contributed by atoms with Crippen LogP contribution in [0.4, 0.5) is 16.4 Å². The Morgan fingerprint density at radius 1 is 1.30 bits per heavy atom. The van der Waals surface area contributed by atoms with Crippen molar-refractivity contribution in [1.82, 2.24) is 25.5 Å². The zero-order valence-corrected chi connectivity index (χ0v) is 12.9. The summed E-state index contributed by atoms with van der Waals surface area (Å²) in [6, 6.07) is 5.36. The van der Waals surface area contributed by atoms with Gasteiger partial charge in [-0.15, -0.1) is 5.10 Å². The third-order valence-electron chi connectivity index (χ3n) is 3.69. The van der Waals surface area contributed by atoms with E-state index in [1.807, 2.05) is 19.1 Å². The fourth-order valence-corrected chi connectivity index (χ4v) is 2.57. The Kier molecular flexibility index (Phi) is 4.60. The summed E-state index contributed by atoms with van der Waals surface area (Å²) in [5.41, 5.74) is 0.893. The van der Waals surface area contributed by atoms with Crippen LogP contribution in [-0.2, 0) is 0 Å². The van der Waals surface area contributed by atoms with Crippen LogP contribution in [0.3, 0.4) is 0 Å². The van der Waals surface area contributed by atoms with Gasteiger partial charge in [0, 0.05) is 25.3 Å². The minimum atomic E-state index is -0.259. The zero-order chi connectivity index (χ0) is 16.1. The molecule has 3 rings (SSSR count). The molecule has 3 heterocycles. The highest BCUT2D eigenvalue weighted by atomic mass is 16.2. The van der Waals surface area contributed by atoms with Crippen molar-refractivity contribution in [2.75, 3.05) is 23.3 Å². The van der Waals surface area contributed by atoms with E-state index in [2.05, 4.69) is 35.7 Å². The molecule has 1 saturated heterocycles. The van der Waals surface area contributed by atoms with Crippen LogP contribution in [-0.4, -0.2) is 45.3 Å². The molecule has 0 spiro atoms. The predicted octanol–water partition coefficient (Wildman–Crippen LogP) is 1.37. The van der Waals surface area contributed by atoms with E-state index in [0.29, 0.717) is 5.82 Å². The summed E-state index contributed by atoms with van der Waals surface area (Å²) >= 11 is 0. The Bertz CT molecular complexity index is 647. The number of hydrogen-bond donors (Lipinski definition) is 2. The van der Waals surface area contributed by atoms with Gasteiger partial charge in [-0.2, -0.15) is 5.10 Å². The standard InChI is InChI=1S/C15H19N7O/c1-11-4-5-14(21-20-11)22-8-2-3-12(9-22)18-15(23)19-13-6-7-16-10-17-13/h4-7,10,12H,2-3,8-9H2,1H3,(H2,16,17,18,19,23)/t12-/m1/s1. The van der Waals surface area contributed by atoms with E-state index < -0.39 is 0 Å². The molecule has 0 aromatic carbocycles. The average Bonchev–Trinajstić information content (AvgIpc) is 2.56. The molecule has 23 heavy (non-hydrogen) atoms. The number of aromatic nitrogens is 4. The summed E-state index contributed by atoms with van der Waals surface area (Å²) in [6.45, 7) is 3.55. The molecule has 1 atom stereocenters. The van der Waals surface area contributed by atoms with Crippen LogP contribution >= 0.6 is 0 Å². The average molecular weight is 313 g/mol. The Morgan fingerprint density at radius 3 is 2.96 bits per heavy atom. The highest BCUT2D eigenvalue weighted by Crippen LogP contribution is 2.17. The van der Waals surface area contributed by atoms with Gasteiger partial charge in [0.15, 0.2) is 5.82 Å². The lowest BCUT2D eigenvalue weighted by Gasteiger charge is -2.33. The largest absolute Gasteiger partial charge is 0.353 e. The molecule has 0 bridgehead atoms.